The summed E-state index contributed by atoms with van der Waals surface area (Å²) < 4.78 is 14.3. The second-order valence-electron chi connectivity index (χ2n) is 5.27. The van der Waals surface area contributed by atoms with E-state index in [1.54, 1.807) is 18.3 Å². The van der Waals surface area contributed by atoms with Gasteiger partial charge in [-0.1, -0.05) is 12.1 Å². The topological polar surface area (TPSA) is 48.4 Å². The number of nitrogens with zero attached hydrogens (tertiary/aromatic N) is 2. The van der Waals surface area contributed by atoms with Gasteiger partial charge in [0.2, 0.25) is 0 Å². The molecule has 4 nitrogen and oxygen atoms in total. The maximum atomic E-state index is 14.3. The largest absolute Gasteiger partial charge is 0.506 e. The number of nitrogens with one attached hydrogen (secondary N) is 1. The van der Waals surface area contributed by atoms with Crippen LogP contribution >= 0.6 is 0 Å². The molecule has 1 aromatic heterocycles. The molecule has 2 N–H and O–H groups in total. The predicted octanol–water partition coefficient (Wildman–Crippen LogP) is 2.00. The zero-order chi connectivity index (χ0) is 14.7. The lowest BCUT2D eigenvalue weighted by Crippen LogP contribution is -2.42. The van der Waals surface area contributed by atoms with E-state index in [2.05, 4.69) is 15.2 Å². The van der Waals surface area contributed by atoms with Crippen LogP contribution in [0.5, 0.6) is 5.75 Å². The van der Waals surface area contributed by atoms with Crippen molar-refractivity contribution in [1.29, 1.82) is 0 Å². The van der Waals surface area contributed by atoms with Crippen LogP contribution < -0.4 is 5.32 Å². The van der Waals surface area contributed by atoms with Gasteiger partial charge in [-0.25, -0.2) is 4.39 Å². The molecule has 1 aliphatic heterocycles. The molecule has 2 heterocycles. The number of hydrogen-bond acceptors (Lipinski definition) is 4. The van der Waals surface area contributed by atoms with Crippen LogP contribution in [-0.2, 0) is 6.54 Å². The highest BCUT2D eigenvalue weighted by Gasteiger charge is 2.12. The second kappa shape index (κ2) is 6.20. The first-order valence-electron chi connectivity index (χ1n) is 7.08. The second-order valence-corrected chi connectivity index (χ2v) is 5.27. The Morgan fingerprint density at radius 3 is 2.71 bits per heavy atom. The number of aromatic nitrogens is 1. The molecule has 0 radical (unpaired) electrons. The van der Waals surface area contributed by atoms with E-state index < -0.39 is 0 Å². The molecule has 0 unspecified atom stereocenters. The monoisotopic (exact) mass is 287 g/mol. The molecule has 5 heteroatoms. The summed E-state index contributed by atoms with van der Waals surface area (Å²) in [5, 5.41) is 12.7. The van der Waals surface area contributed by atoms with Gasteiger partial charge in [-0.05, 0) is 17.7 Å². The van der Waals surface area contributed by atoms with Crippen LogP contribution in [0.1, 0.15) is 5.56 Å². The third-order valence-electron chi connectivity index (χ3n) is 3.68. The van der Waals surface area contributed by atoms with Gasteiger partial charge in [-0.3, -0.25) is 9.88 Å². The Morgan fingerprint density at radius 1 is 1.19 bits per heavy atom. The molecule has 1 fully saturated rings. The van der Waals surface area contributed by atoms with E-state index in [-0.39, 0.29) is 11.6 Å². The van der Waals surface area contributed by atoms with Crippen LogP contribution in [0.3, 0.4) is 0 Å². The number of aromatic hydroxyl groups is 1. The fourth-order valence-electron chi connectivity index (χ4n) is 2.59. The molecule has 110 valence electrons. The highest BCUT2D eigenvalue weighted by atomic mass is 19.1. The first-order chi connectivity index (χ1) is 10.2. The summed E-state index contributed by atoms with van der Waals surface area (Å²) >= 11 is 0. The van der Waals surface area contributed by atoms with Gasteiger partial charge in [-0.2, -0.15) is 0 Å². The Kier molecular flexibility index (Phi) is 4.13. The number of piperazine rings is 1. The lowest BCUT2D eigenvalue weighted by molar-refractivity contribution is 0.233. The normalized spacial score (nSPS) is 16.0. The molecule has 21 heavy (non-hydrogen) atoms. The molecule has 1 aromatic carbocycles. The molecule has 0 aliphatic carbocycles. The molecule has 1 saturated heterocycles. The summed E-state index contributed by atoms with van der Waals surface area (Å²) in [5.41, 5.74) is 2.01. The lowest BCUT2D eigenvalue weighted by atomic mass is 10.0. The quantitative estimate of drug-likeness (QED) is 0.906. The predicted molar refractivity (Wildman–Crippen MR) is 79.4 cm³/mol. The summed E-state index contributed by atoms with van der Waals surface area (Å²) in [6.45, 7) is 4.70. The third kappa shape index (κ3) is 3.37. The molecule has 1 aliphatic rings. The number of hydrogen-bond donors (Lipinski definition) is 2. The van der Waals surface area contributed by atoms with Gasteiger partial charge in [0, 0.05) is 50.0 Å². The minimum absolute atomic E-state index is 0.0387. The van der Waals surface area contributed by atoms with Crippen LogP contribution in [0.15, 0.2) is 36.7 Å². The van der Waals surface area contributed by atoms with Crippen molar-refractivity contribution in [3.63, 3.8) is 0 Å². The molecule has 0 saturated carbocycles. The zero-order valence-electron chi connectivity index (χ0n) is 11.7. The molecular formula is C16H18FN3O. The van der Waals surface area contributed by atoms with Gasteiger partial charge < -0.3 is 10.4 Å². The van der Waals surface area contributed by atoms with E-state index in [9.17, 15) is 9.50 Å². The van der Waals surface area contributed by atoms with E-state index in [1.807, 2.05) is 6.07 Å². The summed E-state index contributed by atoms with van der Waals surface area (Å²) in [6.07, 6.45) is 2.88. The van der Waals surface area contributed by atoms with Crippen molar-refractivity contribution in [2.24, 2.45) is 0 Å². The number of rotatable bonds is 3. The zero-order valence-corrected chi connectivity index (χ0v) is 11.7. The highest BCUT2D eigenvalue weighted by molar-refractivity contribution is 5.64. The van der Waals surface area contributed by atoms with Crippen molar-refractivity contribution in [2.75, 3.05) is 26.2 Å². The maximum absolute atomic E-state index is 14.3. The molecule has 0 spiro atoms. The van der Waals surface area contributed by atoms with Crippen molar-refractivity contribution in [1.82, 2.24) is 15.2 Å². The van der Waals surface area contributed by atoms with Gasteiger partial charge in [0.1, 0.15) is 11.6 Å². The Hall–Kier alpha value is -1.98. The molecule has 2 aromatic rings. The summed E-state index contributed by atoms with van der Waals surface area (Å²) in [5.74, 6) is -0.244. The van der Waals surface area contributed by atoms with Crippen molar-refractivity contribution in [3.05, 3.63) is 48.0 Å². The maximum Gasteiger partial charge on any atom is 0.134 e. The SMILES string of the molecule is Oc1cncc(-c2ccc(CN3CCNCC3)cc2F)c1. The Bertz CT molecular complexity index is 627. The molecule has 0 bridgehead atoms. The van der Waals surface area contributed by atoms with Crippen LogP contribution in [0.25, 0.3) is 11.1 Å². The average Bonchev–Trinajstić information content (AvgIpc) is 2.48. The van der Waals surface area contributed by atoms with Crippen LogP contribution in [0.2, 0.25) is 0 Å². The Labute approximate surface area is 123 Å². The van der Waals surface area contributed by atoms with E-state index in [0.29, 0.717) is 11.1 Å². The molecule has 3 rings (SSSR count). The fraction of sp³-hybridized carbons (Fsp3) is 0.312. The third-order valence-corrected chi connectivity index (χ3v) is 3.68. The van der Waals surface area contributed by atoms with Gasteiger partial charge >= 0.3 is 0 Å². The van der Waals surface area contributed by atoms with Gasteiger partial charge in [-0.15, -0.1) is 0 Å². The molecule has 0 atom stereocenters. The standard InChI is InChI=1S/C16H18FN3O/c17-16-7-12(11-20-5-3-18-4-6-20)1-2-15(16)13-8-14(21)10-19-9-13/h1-2,7-10,18,21H,3-6,11H2. The summed E-state index contributed by atoms with van der Waals surface area (Å²) in [7, 11) is 0. The number of pyridine rings is 1. The van der Waals surface area contributed by atoms with Crippen molar-refractivity contribution in [2.45, 2.75) is 6.54 Å². The highest BCUT2D eigenvalue weighted by Crippen LogP contribution is 2.25. The Balaban J connectivity index is 1.79. The lowest BCUT2D eigenvalue weighted by Gasteiger charge is -2.27. The summed E-state index contributed by atoms with van der Waals surface area (Å²) in [6, 6.07) is 6.77. The first kappa shape index (κ1) is 14.0. The van der Waals surface area contributed by atoms with E-state index in [1.165, 1.54) is 12.3 Å². The number of benzene rings is 1. The first-order valence-corrected chi connectivity index (χ1v) is 7.08. The fourth-order valence-corrected chi connectivity index (χ4v) is 2.59. The van der Waals surface area contributed by atoms with Crippen molar-refractivity contribution >= 4 is 0 Å². The van der Waals surface area contributed by atoms with Crippen molar-refractivity contribution in [3.8, 4) is 16.9 Å². The van der Waals surface area contributed by atoms with E-state index in [0.717, 1.165) is 38.3 Å². The summed E-state index contributed by atoms with van der Waals surface area (Å²) in [4.78, 5) is 6.19. The average molecular weight is 287 g/mol. The minimum atomic E-state index is -0.282. The van der Waals surface area contributed by atoms with Crippen LogP contribution in [0, 0.1) is 5.82 Å². The number of halogens is 1. The van der Waals surface area contributed by atoms with Gasteiger partial charge in [0.25, 0.3) is 0 Å². The van der Waals surface area contributed by atoms with Crippen molar-refractivity contribution < 1.29 is 9.50 Å². The van der Waals surface area contributed by atoms with Gasteiger partial charge in [0.15, 0.2) is 0 Å². The molecular weight excluding hydrogens is 269 g/mol. The van der Waals surface area contributed by atoms with Crippen LogP contribution in [-0.4, -0.2) is 41.2 Å². The Morgan fingerprint density at radius 2 is 2.00 bits per heavy atom. The van der Waals surface area contributed by atoms with Gasteiger partial charge in [0.05, 0.1) is 6.20 Å². The van der Waals surface area contributed by atoms with E-state index in [4.69, 9.17) is 0 Å². The smallest absolute Gasteiger partial charge is 0.134 e. The minimum Gasteiger partial charge on any atom is -0.506 e. The van der Waals surface area contributed by atoms with E-state index >= 15 is 0 Å². The van der Waals surface area contributed by atoms with Crippen LogP contribution in [0.4, 0.5) is 4.39 Å². The molecule has 0 amide bonds.